The van der Waals surface area contributed by atoms with Gasteiger partial charge in [0.15, 0.2) is 0 Å². The molecular weight excluding hydrogens is 262 g/mol. The third kappa shape index (κ3) is 4.21. The number of rotatable bonds is 5. The van der Waals surface area contributed by atoms with E-state index in [1.165, 1.54) is 25.7 Å². The van der Waals surface area contributed by atoms with Crippen LogP contribution in [-0.4, -0.2) is 36.6 Å². The predicted octanol–water partition coefficient (Wildman–Crippen LogP) is 2.36. The summed E-state index contributed by atoms with van der Waals surface area (Å²) in [5, 5.41) is 6.47. The predicted molar refractivity (Wildman–Crippen MR) is 84.0 cm³/mol. The van der Waals surface area contributed by atoms with Gasteiger partial charge in [-0.3, -0.25) is 0 Å². The zero-order valence-corrected chi connectivity index (χ0v) is 12.6. The lowest BCUT2D eigenvalue weighted by Gasteiger charge is -2.30. The lowest BCUT2D eigenvalue weighted by atomic mass is 9.97. The van der Waals surface area contributed by atoms with Crippen LogP contribution in [-0.2, 0) is 6.54 Å². The molecule has 0 unspecified atom stereocenters. The molecule has 1 saturated carbocycles. The number of carbonyl (C=O) groups is 1. The molecule has 2 aliphatic rings. The number of amides is 2. The van der Waals surface area contributed by atoms with Crippen LogP contribution in [0.4, 0.5) is 4.79 Å². The van der Waals surface area contributed by atoms with Crippen LogP contribution in [0.3, 0.4) is 0 Å². The van der Waals surface area contributed by atoms with Crippen molar-refractivity contribution >= 4 is 6.03 Å². The number of piperidine rings is 1. The topological polar surface area (TPSA) is 44.4 Å². The Balaban J connectivity index is 1.52. The molecule has 2 N–H and O–H groups in total. The van der Waals surface area contributed by atoms with Crippen LogP contribution in [0.5, 0.6) is 0 Å². The second kappa shape index (κ2) is 6.94. The van der Waals surface area contributed by atoms with Crippen molar-refractivity contribution in [3.05, 3.63) is 35.9 Å². The van der Waals surface area contributed by atoms with Gasteiger partial charge in [-0.25, -0.2) is 4.79 Å². The fourth-order valence-corrected chi connectivity index (χ4v) is 3.00. The number of nitrogens with zero attached hydrogens (tertiary/aromatic N) is 1. The zero-order chi connectivity index (χ0) is 14.5. The van der Waals surface area contributed by atoms with Gasteiger partial charge in [0, 0.05) is 19.1 Å². The normalized spacial score (nSPS) is 19.2. The van der Waals surface area contributed by atoms with Gasteiger partial charge < -0.3 is 15.5 Å². The Kier molecular flexibility index (Phi) is 4.76. The van der Waals surface area contributed by atoms with Gasteiger partial charge >= 0.3 is 6.03 Å². The van der Waals surface area contributed by atoms with E-state index in [4.69, 9.17) is 0 Å². The third-order valence-corrected chi connectivity index (χ3v) is 4.45. The van der Waals surface area contributed by atoms with Gasteiger partial charge in [-0.15, -0.1) is 0 Å². The summed E-state index contributed by atoms with van der Waals surface area (Å²) in [7, 11) is 0. The Morgan fingerprint density at radius 3 is 2.52 bits per heavy atom. The summed E-state index contributed by atoms with van der Waals surface area (Å²) in [6.07, 6.45) is 4.72. The van der Waals surface area contributed by atoms with Crippen molar-refractivity contribution in [3.8, 4) is 0 Å². The van der Waals surface area contributed by atoms with Crippen LogP contribution < -0.4 is 10.6 Å². The smallest absolute Gasteiger partial charge is 0.317 e. The molecule has 114 valence electrons. The molecule has 1 saturated heterocycles. The molecule has 4 nitrogen and oxygen atoms in total. The summed E-state index contributed by atoms with van der Waals surface area (Å²) in [4.78, 5) is 14.6. The average molecular weight is 287 g/mol. The van der Waals surface area contributed by atoms with Crippen molar-refractivity contribution in [1.82, 2.24) is 15.5 Å². The third-order valence-electron chi connectivity index (χ3n) is 4.45. The lowest BCUT2D eigenvalue weighted by molar-refractivity contribution is 0.176. The fourth-order valence-electron chi connectivity index (χ4n) is 3.00. The van der Waals surface area contributed by atoms with Crippen LogP contribution in [0.15, 0.2) is 30.3 Å². The van der Waals surface area contributed by atoms with E-state index in [1.54, 1.807) is 0 Å². The molecule has 1 heterocycles. The van der Waals surface area contributed by atoms with Gasteiger partial charge in [-0.05, 0) is 50.3 Å². The molecule has 0 radical (unpaired) electrons. The molecule has 0 spiro atoms. The number of nitrogens with one attached hydrogen (secondary N) is 2. The fraction of sp³-hybridized carbons (Fsp3) is 0.588. The molecule has 1 aromatic carbocycles. The monoisotopic (exact) mass is 287 g/mol. The quantitative estimate of drug-likeness (QED) is 0.873. The highest BCUT2D eigenvalue weighted by Crippen LogP contribution is 2.29. The minimum absolute atomic E-state index is 0.111. The number of benzene rings is 1. The number of hydrogen-bond acceptors (Lipinski definition) is 2. The zero-order valence-electron chi connectivity index (χ0n) is 12.6. The second-order valence-electron chi connectivity index (χ2n) is 6.22. The summed E-state index contributed by atoms with van der Waals surface area (Å²) < 4.78 is 0. The van der Waals surface area contributed by atoms with Gasteiger partial charge in [-0.1, -0.05) is 30.3 Å². The minimum Gasteiger partial charge on any atom is -0.334 e. The Morgan fingerprint density at radius 2 is 1.86 bits per heavy atom. The first-order valence-electron chi connectivity index (χ1n) is 8.12. The summed E-state index contributed by atoms with van der Waals surface area (Å²) in [5.74, 6) is 0.661. The summed E-state index contributed by atoms with van der Waals surface area (Å²) in [5.41, 5.74) is 1.16. The van der Waals surface area contributed by atoms with Gasteiger partial charge in [0.1, 0.15) is 0 Å². The largest absolute Gasteiger partial charge is 0.334 e. The number of urea groups is 1. The highest BCUT2D eigenvalue weighted by molar-refractivity contribution is 5.75. The van der Waals surface area contributed by atoms with E-state index >= 15 is 0 Å². The van der Waals surface area contributed by atoms with Crippen LogP contribution in [0, 0.1) is 5.92 Å². The first kappa shape index (κ1) is 14.4. The molecular formula is C17H25N3O. The van der Waals surface area contributed by atoms with Crippen molar-refractivity contribution in [2.24, 2.45) is 5.92 Å². The summed E-state index contributed by atoms with van der Waals surface area (Å²) >= 11 is 0. The summed E-state index contributed by atoms with van der Waals surface area (Å²) in [6.45, 7) is 3.73. The van der Waals surface area contributed by atoms with Gasteiger partial charge in [-0.2, -0.15) is 0 Å². The lowest BCUT2D eigenvalue weighted by Crippen LogP contribution is -2.45. The Bertz CT molecular complexity index is 452. The minimum atomic E-state index is 0.111. The van der Waals surface area contributed by atoms with E-state index in [2.05, 4.69) is 27.7 Å². The van der Waals surface area contributed by atoms with Gasteiger partial charge in [0.25, 0.3) is 0 Å². The molecule has 1 aliphatic carbocycles. The van der Waals surface area contributed by atoms with Crippen LogP contribution in [0.1, 0.15) is 31.2 Å². The molecule has 0 bridgehead atoms. The number of hydrogen-bond donors (Lipinski definition) is 2. The maximum atomic E-state index is 12.5. The SMILES string of the molecule is O=C(NCc1ccccc1)N(CC1CCNCC1)C1CC1. The first-order chi connectivity index (χ1) is 10.3. The van der Waals surface area contributed by atoms with E-state index in [9.17, 15) is 4.79 Å². The summed E-state index contributed by atoms with van der Waals surface area (Å²) in [6, 6.07) is 10.7. The molecule has 21 heavy (non-hydrogen) atoms. The van der Waals surface area contributed by atoms with Crippen molar-refractivity contribution in [3.63, 3.8) is 0 Å². The second-order valence-corrected chi connectivity index (χ2v) is 6.22. The standard InChI is InChI=1S/C17H25N3O/c21-17(19-12-14-4-2-1-3-5-14)20(16-6-7-16)13-15-8-10-18-11-9-15/h1-5,15-16,18H,6-13H2,(H,19,21). The Labute approximate surface area is 126 Å². The van der Waals surface area contributed by atoms with Crippen molar-refractivity contribution in [2.45, 2.75) is 38.3 Å². The molecule has 2 fully saturated rings. The van der Waals surface area contributed by atoms with Crippen LogP contribution in [0.25, 0.3) is 0 Å². The molecule has 3 rings (SSSR count). The van der Waals surface area contributed by atoms with Crippen molar-refractivity contribution in [1.29, 1.82) is 0 Å². The van der Waals surface area contributed by atoms with Gasteiger partial charge in [0.05, 0.1) is 0 Å². The average Bonchev–Trinajstić information content (AvgIpc) is 3.37. The Morgan fingerprint density at radius 1 is 1.14 bits per heavy atom. The maximum Gasteiger partial charge on any atom is 0.317 e. The highest BCUT2D eigenvalue weighted by Gasteiger charge is 2.34. The highest BCUT2D eigenvalue weighted by atomic mass is 16.2. The first-order valence-corrected chi connectivity index (χ1v) is 8.12. The van der Waals surface area contributed by atoms with E-state index in [0.29, 0.717) is 18.5 Å². The molecule has 0 aromatic heterocycles. The van der Waals surface area contributed by atoms with Crippen molar-refractivity contribution < 1.29 is 4.79 Å². The van der Waals surface area contributed by atoms with Crippen molar-refractivity contribution in [2.75, 3.05) is 19.6 Å². The van der Waals surface area contributed by atoms with E-state index in [0.717, 1.165) is 25.2 Å². The van der Waals surface area contributed by atoms with E-state index in [-0.39, 0.29) is 6.03 Å². The van der Waals surface area contributed by atoms with Gasteiger partial charge in [0.2, 0.25) is 0 Å². The van der Waals surface area contributed by atoms with Crippen LogP contribution in [0.2, 0.25) is 0 Å². The molecule has 0 atom stereocenters. The van der Waals surface area contributed by atoms with E-state index in [1.807, 2.05) is 18.2 Å². The number of carbonyl (C=O) groups excluding carboxylic acids is 1. The van der Waals surface area contributed by atoms with E-state index < -0.39 is 0 Å². The molecule has 2 amide bonds. The molecule has 1 aliphatic heterocycles. The molecule has 1 aromatic rings. The molecule has 4 heteroatoms. The Hall–Kier alpha value is -1.55. The van der Waals surface area contributed by atoms with Crippen LogP contribution >= 0.6 is 0 Å². The maximum absolute atomic E-state index is 12.5.